The van der Waals surface area contributed by atoms with E-state index in [4.69, 9.17) is 4.74 Å². The highest BCUT2D eigenvalue weighted by Gasteiger charge is 2.17. The molecule has 2 aromatic rings. The Balaban J connectivity index is 1.73. The summed E-state index contributed by atoms with van der Waals surface area (Å²) in [5.41, 5.74) is 2.57. The molecule has 25 heavy (non-hydrogen) atoms. The third kappa shape index (κ3) is 4.14. The number of nitrogens with one attached hydrogen (secondary N) is 1. The monoisotopic (exact) mass is 340 g/mol. The van der Waals surface area contributed by atoms with Gasteiger partial charge in [-0.05, 0) is 31.9 Å². The number of ether oxygens (including phenoxy) is 1. The van der Waals surface area contributed by atoms with Crippen LogP contribution < -0.4 is 10.2 Å². The molecule has 0 radical (unpaired) electrons. The number of hydrogen-bond acceptors (Lipinski definition) is 5. The summed E-state index contributed by atoms with van der Waals surface area (Å²) < 4.78 is 5.32. The molecular formula is C19H24N4O2. The first-order valence-corrected chi connectivity index (χ1v) is 8.54. The predicted octanol–water partition coefficient (Wildman–Crippen LogP) is 2.43. The lowest BCUT2D eigenvalue weighted by Crippen LogP contribution is -2.38. The molecule has 1 aliphatic heterocycles. The summed E-state index contributed by atoms with van der Waals surface area (Å²) in [7, 11) is 3.92. The van der Waals surface area contributed by atoms with Gasteiger partial charge in [-0.2, -0.15) is 0 Å². The molecule has 1 aromatic heterocycles. The molecule has 0 spiro atoms. The largest absolute Gasteiger partial charge is 0.381 e. The molecule has 3 rings (SSSR count). The van der Waals surface area contributed by atoms with Crippen LogP contribution in [0.15, 0.2) is 30.5 Å². The van der Waals surface area contributed by atoms with E-state index >= 15 is 0 Å². The first kappa shape index (κ1) is 17.4. The van der Waals surface area contributed by atoms with Gasteiger partial charge >= 0.3 is 0 Å². The fourth-order valence-corrected chi connectivity index (χ4v) is 2.91. The minimum Gasteiger partial charge on any atom is -0.381 e. The van der Waals surface area contributed by atoms with Crippen LogP contribution in [0.3, 0.4) is 0 Å². The fraction of sp³-hybridized carbons (Fsp3) is 0.421. The van der Waals surface area contributed by atoms with Crippen molar-refractivity contribution in [2.75, 3.05) is 32.2 Å². The Kier molecular flexibility index (Phi) is 5.28. The van der Waals surface area contributed by atoms with Crippen molar-refractivity contribution in [2.24, 2.45) is 0 Å². The van der Waals surface area contributed by atoms with Crippen LogP contribution in [0.25, 0.3) is 11.4 Å². The van der Waals surface area contributed by atoms with Crippen molar-refractivity contribution in [3.63, 3.8) is 0 Å². The molecule has 2 heterocycles. The van der Waals surface area contributed by atoms with E-state index in [9.17, 15) is 4.79 Å². The summed E-state index contributed by atoms with van der Waals surface area (Å²) in [6, 6.07) is 7.63. The number of benzene rings is 1. The maximum absolute atomic E-state index is 12.4. The van der Waals surface area contributed by atoms with Gasteiger partial charge in [-0.3, -0.25) is 4.79 Å². The highest BCUT2D eigenvalue weighted by molar-refractivity contribution is 5.94. The number of nitrogens with zero attached hydrogens (tertiary/aromatic N) is 3. The van der Waals surface area contributed by atoms with Crippen LogP contribution in [0.1, 0.15) is 28.8 Å². The summed E-state index contributed by atoms with van der Waals surface area (Å²) in [4.78, 5) is 23.3. The standard InChI is InChI=1S/C19H24N4O2/c1-13-12-20-17(22-18(13)23(2)3)14-4-6-15(7-5-14)19(24)21-16-8-10-25-11-9-16/h4-7,12,16H,8-11H2,1-3H3,(H,21,24). The molecular weight excluding hydrogens is 316 g/mol. The van der Waals surface area contributed by atoms with Crippen molar-refractivity contribution in [3.8, 4) is 11.4 Å². The second kappa shape index (κ2) is 7.61. The topological polar surface area (TPSA) is 67.3 Å². The molecule has 1 saturated heterocycles. The van der Waals surface area contributed by atoms with Crippen molar-refractivity contribution < 1.29 is 9.53 Å². The zero-order valence-corrected chi connectivity index (χ0v) is 15.0. The minimum atomic E-state index is -0.0442. The molecule has 1 amide bonds. The number of anilines is 1. The molecule has 1 aliphatic rings. The number of carbonyl (C=O) groups excluding carboxylic acids is 1. The molecule has 1 fully saturated rings. The summed E-state index contributed by atoms with van der Waals surface area (Å²) in [6.07, 6.45) is 3.56. The lowest BCUT2D eigenvalue weighted by atomic mass is 10.1. The van der Waals surface area contributed by atoms with Crippen molar-refractivity contribution in [3.05, 3.63) is 41.6 Å². The Labute approximate surface area is 148 Å². The minimum absolute atomic E-state index is 0.0442. The molecule has 0 atom stereocenters. The predicted molar refractivity (Wildman–Crippen MR) is 97.8 cm³/mol. The highest BCUT2D eigenvalue weighted by Crippen LogP contribution is 2.21. The number of carbonyl (C=O) groups is 1. The number of amides is 1. The van der Waals surface area contributed by atoms with E-state index in [1.54, 1.807) is 0 Å². The van der Waals surface area contributed by atoms with Crippen LogP contribution in [0.2, 0.25) is 0 Å². The molecule has 0 unspecified atom stereocenters. The van der Waals surface area contributed by atoms with Crippen LogP contribution in [-0.2, 0) is 4.74 Å². The van der Waals surface area contributed by atoms with Crippen molar-refractivity contribution in [1.82, 2.24) is 15.3 Å². The Hall–Kier alpha value is -2.47. The van der Waals surface area contributed by atoms with Gasteiger partial charge < -0.3 is 15.0 Å². The molecule has 132 valence electrons. The SMILES string of the molecule is Cc1cnc(-c2ccc(C(=O)NC3CCOCC3)cc2)nc1N(C)C. The number of rotatable bonds is 4. The van der Waals surface area contributed by atoms with Gasteiger partial charge in [-0.25, -0.2) is 9.97 Å². The maximum atomic E-state index is 12.4. The zero-order valence-electron chi connectivity index (χ0n) is 15.0. The lowest BCUT2D eigenvalue weighted by Gasteiger charge is -2.23. The van der Waals surface area contributed by atoms with Gasteiger partial charge in [-0.1, -0.05) is 12.1 Å². The second-order valence-electron chi connectivity index (χ2n) is 6.53. The van der Waals surface area contributed by atoms with Crippen LogP contribution in [0.4, 0.5) is 5.82 Å². The Morgan fingerprint density at radius 1 is 1.20 bits per heavy atom. The first-order chi connectivity index (χ1) is 12.0. The summed E-state index contributed by atoms with van der Waals surface area (Å²) >= 11 is 0. The van der Waals surface area contributed by atoms with E-state index in [1.165, 1.54) is 0 Å². The van der Waals surface area contributed by atoms with E-state index in [-0.39, 0.29) is 11.9 Å². The Bertz CT molecular complexity index is 738. The summed E-state index contributed by atoms with van der Waals surface area (Å²) in [6.45, 7) is 3.41. The van der Waals surface area contributed by atoms with Crippen molar-refractivity contribution in [1.29, 1.82) is 0 Å². The fourth-order valence-electron chi connectivity index (χ4n) is 2.91. The smallest absolute Gasteiger partial charge is 0.251 e. The van der Waals surface area contributed by atoms with E-state index in [0.29, 0.717) is 24.6 Å². The van der Waals surface area contributed by atoms with Crippen molar-refractivity contribution in [2.45, 2.75) is 25.8 Å². The van der Waals surface area contributed by atoms with E-state index in [0.717, 1.165) is 29.8 Å². The summed E-state index contributed by atoms with van der Waals surface area (Å²) in [5, 5.41) is 3.07. The first-order valence-electron chi connectivity index (χ1n) is 8.54. The summed E-state index contributed by atoms with van der Waals surface area (Å²) in [5.74, 6) is 1.51. The molecule has 6 nitrogen and oxygen atoms in total. The quantitative estimate of drug-likeness (QED) is 0.926. The third-order valence-electron chi connectivity index (χ3n) is 4.33. The van der Waals surface area contributed by atoms with Crippen LogP contribution in [-0.4, -0.2) is 49.2 Å². The average molecular weight is 340 g/mol. The van der Waals surface area contributed by atoms with E-state index in [2.05, 4.69) is 15.3 Å². The van der Waals surface area contributed by atoms with E-state index < -0.39 is 0 Å². The maximum Gasteiger partial charge on any atom is 0.251 e. The van der Waals surface area contributed by atoms with Gasteiger partial charge in [0.1, 0.15) is 5.82 Å². The molecule has 6 heteroatoms. The number of aromatic nitrogens is 2. The van der Waals surface area contributed by atoms with Gasteiger partial charge in [0.15, 0.2) is 5.82 Å². The van der Waals surface area contributed by atoms with Crippen LogP contribution in [0.5, 0.6) is 0 Å². The zero-order chi connectivity index (χ0) is 17.8. The molecule has 1 aromatic carbocycles. The van der Waals surface area contributed by atoms with E-state index in [1.807, 2.05) is 56.4 Å². The average Bonchev–Trinajstić information content (AvgIpc) is 2.63. The van der Waals surface area contributed by atoms with Gasteiger partial charge in [0.25, 0.3) is 5.91 Å². The lowest BCUT2D eigenvalue weighted by molar-refractivity contribution is 0.0696. The molecule has 0 saturated carbocycles. The van der Waals surface area contributed by atoms with Gasteiger partial charge in [0.2, 0.25) is 0 Å². The molecule has 1 N–H and O–H groups in total. The normalized spacial score (nSPS) is 15.0. The number of hydrogen-bond donors (Lipinski definition) is 1. The Morgan fingerprint density at radius 3 is 2.52 bits per heavy atom. The highest BCUT2D eigenvalue weighted by atomic mass is 16.5. The van der Waals surface area contributed by atoms with Gasteiger partial charge in [0, 0.05) is 56.2 Å². The molecule has 0 aliphatic carbocycles. The van der Waals surface area contributed by atoms with Gasteiger partial charge in [0.05, 0.1) is 0 Å². The second-order valence-corrected chi connectivity index (χ2v) is 6.53. The van der Waals surface area contributed by atoms with Crippen LogP contribution >= 0.6 is 0 Å². The van der Waals surface area contributed by atoms with Crippen LogP contribution in [0, 0.1) is 6.92 Å². The molecule has 0 bridgehead atoms. The number of aryl methyl sites for hydroxylation is 1. The van der Waals surface area contributed by atoms with Crippen molar-refractivity contribution >= 4 is 11.7 Å². The van der Waals surface area contributed by atoms with Gasteiger partial charge in [-0.15, -0.1) is 0 Å². The third-order valence-corrected chi connectivity index (χ3v) is 4.33. The Morgan fingerprint density at radius 2 is 1.88 bits per heavy atom.